The first-order chi connectivity index (χ1) is 49.9. The minimum atomic E-state index is -0.562. The molecule has 0 aromatic rings. The Labute approximate surface area is 600 Å². The predicted molar refractivity (Wildman–Crippen MR) is 359 cm³/mol. The van der Waals surface area contributed by atoms with Crippen LogP contribution in [-0.2, 0) is 86.2 Å². The minimum Gasteiger partial charge on any atom is -0.365 e. The number of hydrogen-bond acceptors (Lipinski definition) is 18. The van der Waals surface area contributed by atoms with Crippen molar-refractivity contribution in [3.05, 3.63) is 72.9 Å². The molecule has 16 amide bonds. The highest BCUT2D eigenvalue weighted by atomic mass is 16.5. The molecule has 104 heavy (non-hydrogen) atoms. The number of likely N-dealkylation sites (tertiary alicyclic amines) is 8. The van der Waals surface area contributed by atoms with E-state index in [4.69, 9.17) is 9.47 Å². The number of carbonyl (C=O) groups excluding carboxylic acids is 16. The van der Waals surface area contributed by atoms with E-state index in [0.29, 0.717) is 25.7 Å². The number of amides is 16. The SMILES string of the molecule is CC(CN1C(=O)C2C3C=CC(C3)C2C1=O)N1C(=O)C2C3C=CC(C3)C2C1=O.CC(CN1C(=O)C2C3C=CC(O3)C2C1=O)N1C(=O)C2C3C=CC(O3)C2C1=O.CC(CN1C(=O)C2CC=CCC2C1=O)N1C(=O)C2CC=CCC2C1=O.CC(CN1C(=O)C2CCCCC2C1=O)N1C(=O)C2CCCCC2C1=O. The monoisotopic (exact) mass is 1420 g/mol. The highest BCUT2D eigenvalue weighted by Crippen LogP contribution is 2.56. The highest BCUT2D eigenvalue weighted by Gasteiger charge is 2.66. The highest BCUT2D eigenvalue weighted by molar-refractivity contribution is 6.12. The van der Waals surface area contributed by atoms with Gasteiger partial charge in [-0.15, -0.1) is 0 Å². The second kappa shape index (κ2) is 25.6. The number of allylic oxidation sites excluding steroid dienone is 8. The fourth-order valence-corrected chi connectivity index (χ4v) is 22.5. The zero-order valence-electron chi connectivity index (χ0n) is 58.7. The lowest BCUT2D eigenvalue weighted by Crippen LogP contribution is -2.49. The zero-order valence-corrected chi connectivity index (χ0v) is 58.7. The number of ether oxygens (including phenoxy) is 2. The molecule has 0 N–H and O–H groups in total. The molecule has 4 saturated carbocycles. The molecule has 26 nitrogen and oxygen atoms in total. The molecule has 14 fully saturated rings. The summed E-state index contributed by atoms with van der Waals surface area (Å²) in [6.45, 7) is 7.46. The summed E-state index contributed by atoms with van der Waals surface area (Å²) in [6.07, 6.45) is 33.3. The van der Waals surface area contributed by atoms with Crippen molar-refractivity contribution < 1.29 is 86.2 Å². The van der Waals surface area contributed by atoms with Crippen LogP contribution in [0.2, 0.25) is 0 Å². The molecule has 10 saturated heterocycles. The Morgan fingerprint density at radius 3 is 0.788 bits per heavy atom. The van der Waals surface area contributed by atoms with Crippen molar-refractivity contribution in [2.75, 3.05) is 26.2 Å². The van der Waals surface area contributed by atoms with Gasteiger partial charge in [0.25, 0.3) is 0 Å². The number of rotatable bonds is 12. The van der Waals surface area contributed by atoms with E-state index < -0.39 is 47.8 Å². The lowest BCUT2D eigenvalue weighted by Gasteiger charge is -2.28. The van der Waals surface area contributed by atoms with Crippen LogP contribution in [-0.4, -0.2) is 208 Å². The molecule has 20 aliphatic rings. The first-order valence-corrected chi connectivity index (χ1v) is 38.2. The number of hydrogen-bond donors (Lipinski definition) is 0. The molecule has 26 heteroatoms. The molecular formula is C78H88N8O18. The summed E-state index contributed by atoms with van der Waals surface area (Å²) in [5.74, 6) is -6.57. The van der Waals surface area contributed by atoms with Gasteiger partial charge in [-0.1, -0.05) is 98.6 Å². The molecule has 548 valence electrons. The Kier molecular flexibility index (Phi) is 16.9. The fraction of sp³-hybridized carbons (Fsp3) is 0.641. The molecule has 8 bridgehead atoms. The van der Waals surface area contributed by atoms with Crippen LogP contribution in [0.3, 0.4) is 0 Å². The van der Waals surface area contributed by atoms with Gasteiger partial charge in [-0.3, -0.25) is 116 Å². The fourth-order valence-electron chi connectivity index (χ4n) is 22.5. The molecule has 0 aromatic heterocycles. The van der Waals surface area contributed by atoms with Gasteiger partial charge >= 0.3 is 0 Å². The third kappa shape index (κ3) is 10.2. The number of nitrogens with zero attached hydrogens (tertiary/aromatic N) is 8. The van der Waals surface area contributed by atoms with E-state index in [2.05, 4.69) is 24.3 Å². The van der Waals surface area contributed by atoms with Crippen molar-refractivity contribution in [2.45, 2.75) is 166 Å². The minimum absolute atomic E-state index is 0.0324. The van der Waals surface area contributed by atoms with Crippen LogP contribution in [0.5, 0.6) is 0 Å². The standard InChI is InChI=1S/C21H22N2O4.C19H18N2O6.C19H26N2O4.C19H22N2O4/c1-9(23-20(26)16-12-4-5-13(7-12)17(16)21(23)27)8-22-18(24)14-10-2-3-11(6-10)15(14)19(22)25;1-7(21-18(24)14-10-4-5-11(27-10)15(14)19(21)25)6-20-16(22)12-8-2-3-9(26-8)13(12)17(20)23;2*1-11(21-18(24)14-8-4-5-9-15(14)19(21)25)10-20-16(22)12-6-2-3-7-13(12)17(20)23/h2-5,9-17H,6-8H2,1H3;2-5,7-15H,6H2,1H3;11-15H,2-10H2,1H3;2-5,11-15H,6-10H2,1H3. The molecule has 12 heterocycles. The Morgan fingerprint density at radius 1 is 0.269 bits per heavy atom. The van der Waals surface area contributed by atoms with Crippen molar-refractivity contribution in [1.29, 1.82) is 0 Å². The molecule has 12 aliphatic heterocycles. The van der Waals surface area contributed by atoms with Gasteiger partial charge in [-0.05, 0) is 116 Å². The van der Waals surface area contributed by atoms with Crippen molar-refractivity contribution >= 4 is 94.5 Å². The van der Waals surface area contributed by atoms with E-state index in [1.54, 1.807) is 27.7 Å². The van der Waals surface area contributed by atoms with Crippen LogP contribution in [0.25, 0.3) is 0 Å². The Balaban J connectivity index is 0.000000103. The van der Waals surface area contributed by atoms with Gasteiger partial charge in [0.1, 0.15) is 0 Å². The van der Waals surface area contributed by atoms with Crippen LogP contribution in [0.15, 0.2) is 72.9 Å². The second-order valence-electron chi connectivity index (χ2n) is 33.0. The van der Waals surface area contributed by atoms with Gasteiger partial charge in [-0.25, -0.2) is 0 Å². The largest absolute Gasteiger partial charge is 0.365 e. The van der Waals surface area contributed by atoms with Crippen molar-refractivity contribution in [3.8, 4) is 0 Å². The Bertz CT molecular complexity index is 3710. The van der Waals surface area contributed by atoms with Gasteiger partial charge in [0.2, 0.25) is 94.5 Å². The van der Waals surface area contributed by atoms with E-state index in [0.717, 1.165) is 64.2 Å². The van der Waals surface area contributed by atoms with Crippen LogP contribution in [0, 0.1) is 118 Å². The Hall–Kier alpha value is -8.52. The topological polar surface area (TPSA) is 318 Å². The summed E-state index contributed by atoms with van der Waals surface area (Å²) in [6, 6.07) is -1.94. The first kappa shape index (κ1) is 68.6. The van der Waals surface area contributed by atoms with Crippen molar-refractivity contribution in [1.82, 2.24) is 39.2 Å². The first-order valence-electron chi connectivity index (χ1n) is 38.2. The van der Waals surface area contributed by atoms with Gasteiger partial charge in [0.15, 0.2) is 0 Å². The lowest BCUT2D eigenvalue weighted by molar-refractivity contribution is -0.150. The molecule has 0 aromatic carbocycles. The maximum Gasteiger partial charge on any atom is 0.236 e. The number of carbonyl (C=O) groups is 16. The summed E-state index contributed by atoms with van der Waals surface area (Å²) < 4.78 is 11.3. The summed E-state index contributed by atoms with van der Waals surface area (Å²) >= 11 is 0. The molecular weight excluding hydrogens is 1340 g/mol. The molecule has 28 atom stereocenters. The zero-order chi connectivity index (χ0) is 72.6. The quantitative estimate of drug-likeness (QED) is 0.200. The molecule has 28 unspecified atom stereocenters. The van der Waals surface area contributed by atoms with Gasteiger partial charge in [0, 0.05) is 26.2 Å². The van der Waals surface area contributed by atoms with Crippen molar-refractivity contribution in [2.24, 2.45) is 118 Å². The lowest BCUT2D eigenvalue weighted by atomic mass is 9.81. The van der Waals surface area contributed by atoms with Gasteiger partial charge in [0.05, 0.1) is 143 Å². The normalized spacial score (nSPS) is 41.7. The summed E-state index contributed by atoms with van der Waals surface area (Å²) in [5, 5.41) is 0. The van der Waals surface area contributed by atoms with E-state index >= 15 is 0 Å². The van der Waals surface area contributed by atoms with E-state index in [1.165, 1.54) is 39.2 Å². The van der Waals surface area contributed by atoms with E-state index in [9.17, 15) is 76.7 Å². The Morgan fingerprint density at radius 2 is 0.481 bits per heavy atom. The average Bonchev–Trinajstić information content (AvgIpc) is 1.57. The van der Waals surface area contributed by atoms with Crippen LogP contribution < -0.4 is 0 Å². The molecule has 8 aliphatic carbocycles. The average molecular weight is 1430 g/mol. The maximum absolute atomic E-state index is 12.9. The second-order valence-corrected chi connectivity index (χ2v) is 33.0. The molecule has 20 rings (SSSR count). The maximum atomic E-state index is 12.9. The van der Waals surface area contributed by atoms with Crippen LogP contribution in [0.1, 0.15) is 118 Å². The van der Waals surface area contributed by atoms with Crippen molar-refractivity contribution in [3.63, 3.8) is 0 Å². The van der Waals surface area contributed by atoms with Gasteiger partial charge in [-0.2, -0.15) is 0 Å². The third-order valence-corrected chi connectivity index (χ3v) is 27.5. The van der Waals surface area contributed by atoms with E-state index in [-0.39, 0.29) is 240 Å². The van der Waals surface area contributed by atoms with Gasteiger partial charge < -0.3 is 9.47 Å². The molecule has 0 radical (unpaired) electrons. The summed E-state index contributed by atoms with van der Waals surface area (Å²) in [4.78, 5) is 214. The molecule has 0 spiro atoms. The summed E-state index contributed by atoms with van der Waals surface area (Å²) in [5.41, 5.74) is 0. The summed E-state index contributed by atoms with van der Waals surface area (Å²) in [7, 11) is 0. The van der Waals surface area contributed by atoms with Crippen LogP contribution >= 0.6 is 0 Å². The predicted octanol–water partition coefficient (Wildman–Crippen LogP) is 3.24. The smallest absolute Gasteiger partial charge is 0.236 e. The van der Waals surface area contributed by atoms with E-state index in [1.807, 2.05) is 48.6 Å². The number of fused-ring (bicyclic) bond motifs is 24. The third-order valence-electron chi connectivity index (χ3n) is 27.5. The number of imide groups is 8. The van der Waals surface area contributed by atoms with Crippen LogP contribution in [0.4, 0.5) is 0 Å².